The molecule has 0 unspecified atom stereocenters. The van der Waals surface area contributed by atoms with Crippen molar-refractivity contribution < 1.29 is 9.18 Å². The van der Waals surface area contributed by atoms with E-state index < -0.39 is 11.4 Å². The van der Waals surface area contributed by atoms with Crippen LogP contribution in [0.4, 0.5) is 21.0 Å². The van der Waals surface area contributed by atoms with Crippen molar-refractivity contribution >= 4 is 17.8 Å². The van der Waals surface area contributed by atoms with Crippen LogP contribution in [0.15, 0.2) is 0 Å². The zero-order chi connectivity index (χ0) is 25.2. The molecule has 186 valence electrons. The van der Waals surface area contributed by atoms with Crippen molar-refractivity contribution in [2.24, 2.45) is 0 Å². The number of nitrogens with one attached hydrogen (secondary N) is 2. The fraction of sp³-hybridized carbons (Fsp3) is 0.652. The molecule has 2 amide bonds. The van der Waals surface area contributed by atoms with Gasteiger partial charge in [-0.3, -0.25) is 10.00 Å². The average Bonchev–Trinajstić information content (AvgIpc) is 3.25. The number of urea groups is 1. The summed E-state index contributed by atoms with van der Waals surface area (Å²) in [5, 5.41) is 10.5. The highest BCUT2D eigenvalue weighted by Crippen LogP contribution is 2.43. The summed E-state index contributed by atoms with van der Waals surface area (Å²) in [6, 6.07) is 0.0742. The van der Waals surface area contributed by atoms with E-state index in [1.54, 1.807) is 0 Å². The molecule has 2 aliphatic heterocycles. The first-order valence-electron chi connectivity index (χ1n) is 11.7. The second kappa shape index (κ2) is 8.07. The first-order valence-corrected chi connectivity index (χ1v) is 11.7. The molecule has 0 aliphatic carbocycles. The maximum absolute atomic E-state index is 15.0. The maximum Gasteiger partial charge on any atom is 0.321 e. The summed E-state index contributed by atoms with van der Waals surface area (Å²) in [5.41, 5.74) is 6.95. The molecule has 10 nitrogen and oxygen atoms in total. The predicted molar refractivity (Wildman–Crippen MR) is 130 cm³/mol. The monoisotopic (exact) mass is 473 g/mol. The summed E-state index contributed by atoms with van der Waals surface area (Å²) in [6.45, 7) is 15.9. The van der Waals surface area contributed by atoms with Crippen molar-refractivity contribution in [3.05, 3.63) is 17.1 Å². The van der Waals surface area contributed by atoms with Gasteiger partial charge in [0.1, 0.15) is 11.4 Å². The van der Waals surface area contributed by atoms with Gasteiger partial charge in [-0.25, -0.2) is 14.2 Å². The Labute approximate surface area is 200 Å². The fourth-order valence-electron chi connectivity index (χ4n) is 4.81. The normalized spacial score (nSPS) is 21.8. The summed E-state index contributed by atoms with van der Waals surface area (Å²) in [7, 11) is 2.09. The third kappa shape index (κ3) is 3.85. The number of hydrogen-bond donors (Lipinski definition) is 3. The number of piperazine rings is 1. The molecule has 0 radical (unpaired) electrons. The van der Waals surface area contributed by atoms with Gasteiger partial charge in [-0.2, -0.15) is 10.1 Å². The molecule has 0 saturated carbocycles. The van der Waals surface area contributed by atoms with Crippen molar-refractivity contribution in [3.63, 3.8) is 0 Å². The van der Waals surface area contributed by atoms with Crippen LogP contribution in [0.25, 0.3) is 11.4 Å². The van der Waals surface area contributed by atoms with Gasteiger partial charge in [-0.05, 0) is 55.5 Å². The summed E-state index contributed by atoms with van der Waals surface area (Å²) in [5.74, 6) is -0.733. The lowest BCUT2D eigenvalue weighted by Crippen LogP contribution is -2.65. The highest BCUT2D eigenvalue weighted by atomic mass is 19.1. The minimum absolute atomic E-state index is 0.0207. The van der Waals surface area contributed by atoms with Crippen LogP contribution in [-0.4, -0.2) is 78.7 Å². The second-order valence-corrected chi connectivity index (χ2v) is 10.9. The number of carbonyl (C=O) groups excluding carboxylic acids is 1. The van der Waals surface area contributed by atoms with Gasteiger partial charge in [0, 0.05) is 36.3 Å². The minimum Gasteiger partial charge on any atom is -0.381 e. The second-order valence-electron chi connectivity index (χ2n) is 10.9. The summed E-state index contributed by atoms with van der Waals surface area (Å²) in [4.78, 5) is 28.2. The number of aromatic amines is 1. The molecule has 4 N–H and O–H groups in total. The number of anilines is 2. The number of rotatable bonds is 3. The van der Waals surface area contributed by atoms with E-state index in [-0.39, 0.29) is 41.1 Å². The molecule has 1 saturated heterocycles. The number of nitrogens with two attached hydrogens (primary N) is 1. The third-order valence-corrected chi connectivity index (χ3v) is 7.13. The molecule has 34 heavy (non-hydrogen) atoms. The summed E-state index contributed by atoms with van der Waals surface area (Å²) in [6.07, 6.45) is 0. The summed E-state index contributed by atoms with van der Waals surface area (Å²) < 4.78 is 15.0. The van der Waals surface area contributed by atoms with E-state index in [0.717, 1.165) is 17.8 Å². The Balaban J connectivity index is 1.69. The van der Waals surface area contributed by atoms with Crippen LogP contribution >= 0.6 is 0 Å². The molecule has 1 atom stereocenters. The van der Waals surface area contributed by atoms with E-state index in [4.69, 9.17) is 5.73 Å². The average molecular weight is 474 g/mol. The number of carbonyl (C=O) groups is 1. The first-order chi connectivity index (χ1) is 15.7. The first kappa shape index (κ1) is 24.2. The molecule has 2 aromatic rings. The molecule has 1 fully saturated rings. The van der Waals surface area contributed by atoms with Crippen LogP contribution in [0.5, 0.6) is 0 Å². The van der Waals surface area contributed by atoms with Crippen molar-refractivity contribution in [1.82, 2.24) is 34.9 Å². The number of H-pyrrole nitrogens is 1. The van der Waals surface area contributed by atoms with E-state index in [9.17, 15) is 4.79 Å². The van der Waals surface area contributed by atoms with Gasteiger partial charge in [-0.15, -0.1) is 0 Å². The Bertz CT molecular complexity index is 1110. The zero-order valence-electron chi connectivity index (χ0n) is 21.3. The van der Waals surface area contributed by atoms with Crippen LogP contribution < -0.4 is 11.1 Å². The molecule has 0 aromatic carbocycles. The van der Waals surface area contributed by atoms with E-state index in [1.807, 2.05) is 37.5 Å². The Kier molecular flexibility index (Phi) is 5.74. The number of amides is 2. The number of likely N-dealkylation sites (N-methyl/N-ethyl adjacent to an activating group) is 1. The number of aromatic nitrogens is 4. The Morgan fingerprint density at radius 3 is 2.56 bits per heavy atom. The quantitative estimate of drug-likeness (QED) is 0.627. The maximum atomic E-state index is 15.0. The van der Waals surface area contributed by atoms with Gasteiger partial charge in [0.05, 0.1) is 17.8 Å². The van der Waals surface area contributed by atoms with E-state index >= 15 is 4.39 Å². The molecule has 2 aromatic heterocycles. The number of fused-ring (bicyclic) bond motifs is 1. The number of hydrogen-bond acceptors (Lipinski definition) is 7. The molecule has 4 rings (SSSR count). The standard InChI is InChI=1S/C23H36FN9O/c1-12(2)26-20-27-17(15(24)19(25)28-20)16-14-10-33(23(6,7)18(14)30-29-16)21(34)32-11-22(4,5)31(8)9-13(32)3/h12-13H,9-11H2,1-8H3,(H,29,30)(H3,25,26,27,28)/t13-/m0/s1. The van der Waals surface area contributed by atoms with E-state index in [1.165, 1.54) is 0 Å². The zero-order valence-corrected chi connectivity index (χ0v) is 21.3. The lowest BCUT2D eigenvalue weighted by Gasteiger charge is -2.50. The van der Waals surface area contributed by atoms with Gasteiger partial charge >= 0.3 is 6.03 Å². The molecule has 4 heterocycles. The van der Waals surface area contributed by atoms with Crippen LogP contribution in [0.3, 0.4) is 0 Å². The lowest BCUT2D eigenvalue weighted by molar-refractivity contribution is 0.00695. The SMILES string of the molecule is CC(C)Nc1nc(N)c(F)c(-c2n[nH]c3c2CN(C(=O)N2CC(C)(C)N(C)C[C@@H]2C)C3(C)C)n1. The lowest BCUT2D eigenvalue weighted by atomic mass is 9.96. The predicted octanol–water partition coefficient (Wildman–Crippen LogP) is 2.99. The molecule has 11 heteroatoms. The number of nitrogens with zero attached hydrogens (tertiary/aromatic N) is 6. The van der Waals surface area contributed by atoms with Crippen LogP contribution in [0.2, 0.25) is 0 Å². The smallest absolute Gasteiger partial charge is 0.321 e. The summed E-state index contributed by atoms with van der Waals surface area (Å²) >= 11 is 0. The fourth-order valence-corrected chi connectivity index (χ4v) is 4.81. The molecule has 0 bridgehead atoms. The van der Waals surface area contributed by atoms with Crippen LogP contribution in [-0.2, 0) is 12.1 Å². The van der Waals surface area contributed by atoms with Crippen molar-refractivity contribution in [3.8, 4) is 11.4 Å². The topological polar surface area (TPSA) is 119 Å². The highest BCUT2D eigenvalue weighted by Gasteiger charge is 2.48. The highest BCUT2D eigenvalue weighted by molar-refractivity contribution is 5.78. The number of halogens is 1. The van der Waals surface area contributed by atoms with Gasteiger partial charge in [0.25, 0.3) is 0 Å². The van der Waals surface area contributed by atoms with Crippen molar-refractivity contribution in [2.45, 2.75) is 78.2 Å². The van der Waals surface area contributed by atoms with E-state index in [2.05, 4.69) is 58.2 Å². The van der Waals surface area contributed by atoms with Crippen molar-refractivity contribution in [1.29, 1.82) is 0 Å². The Hall–Kier alpha value is -2.95. The number of nitrogen functional groups attached to an aromatic ring is 1. The van der Waals surface area contributed by atoms with Crippen LogP contribution in [0.1, 0.15) is 59.7 Å². The van der Waals surface area contributed by atoms with Gasteiger partial charge in [-0.1, -0.05) is 0 Å². The van der Waals surface area contributed by atoms with Gasteiger partial charge < -0.3 is 20.9 Å². The van der Waals surface area contributed by atoms with Crippen LogP contribution in [0, 0.1) is 5.82 Å². The molecular formula is C23H36FN9O. The third-order valence-electron chi connectivity index (χ3n) is 7.13. The van der Waals surface area contributed by atoms with Gasteiger partial charge in [0.15, 0.2) is 11.6 Å². The van der Waals surface area contributed by atoms with E-state index in [0.29, 0.717) is 18.8 Å². The molecule has 0 spiro atoms. The Morgan fingerprint density at radius 2 is 1.91 bits per heavy atom. The van der Waals surface area contributed by atoms with Gasteiger partial charge in [0.2, 0.25) is 5.95 Å². The minimum atomic E-state index is -0.722. The van der Waals surface area contributed by atoms with Crippen molar-refractivity contribution in [2.75, 3.05) is 31.2 Å². The molecule has 2 aliphatic rings. The Morgan fingerprint density at radius 1 is 1.24 bits per heavy atom. The molecular weight excluding hydrogens is 437 g/mol. The largest absolute Gasteiger partial charge is 0.381 e.